The van der Waals surface area contributed by atoms with Gasteiger partial charge in [-0.1, -0.05) is 41.4 Å². The lowest BCUT2D eigenvalue weighted by atomic mass is 10.1. The largest absolute Gasteiger partial charge is 0.469 e. The highest BCUT2D eigenvalue weighted by Gasteiger charge is 2.21. The Bertz CT molecular complexity index is 989. The molecular formula is C19H19ClN4O3. The third-order valence-electron chi connectivity index (χ3n) is 4.14. The quantitative estimate of drug-likeness (QED) is 0.674. The van der Waals surface area contributed by atoms with Crippen LogP contribution in [0.4, 0.5) is 0 Å². The van der Waals surface area contributed by atoms with Crippen LogP contribution in [0.25, 0.3) is 0 Å². The molecule has 140 valence electrons. The van der Waals surface area contributed by atoms with Gasteiger partial charge in [-0.05, 0) is 32.4 Å². The highest BCUT2D eigenvalue weighted by atomic mass is 35.5. The van der Waals surface area contributed by atoms with E-state index in [0.717, 1.165) is 11.1 Å². The molecule has 3 rings (SSSR count). The van der Waals surface area contributed by atoms with E-state index in [4.69, 9.17) is 16.0 Å². The molecule has 1 aromatic carbocycles. The number of halogens is 1. The highest BCUT2D eigenvalue weighted by molar-refractivity contribution is 6.33. The van der Waals surface area contributed by atoms with E-state index in [2.05, 4.69) is 16.0 Å². The van der Waals surface area contributed by atoms with E-state index in [1.165, 1.54) is 12.3 Å². The first-order valence-electron chi connectivity index (χ1n) is 8.30. The molecule has 27 heavy (non-hydrogen) atoms. The van der Waals surface area contributed by atoms with Crippen molar-refractivity contribution in [1.29, 1.82) is 0 Å². The number of hydrogen-bond donors (Lipinski definition) is 2. The molecule has 0 radical (unpaired) electrons. The Hall–Kier alpha value is -3.06. The van der Waals surface area contributed by atoms with Crippen molar-refractivity contribution in [2.45, 2.75) is 27.3 Å². The Labute approximate surface area is 161 Å². The van der Waals surface area contributed by atoms with Crippen molar-refractivity contribution in [2.75, 3.05) is 0 Å². The topological polar surface area (TPSA) is 89.2 Å². The first-order valence-corrected chi connectivity index (χ1v) is 8.68. The second-order valence-corrected chi connectivity index (χ2v) is 6.55. The van der Waals surface area contributed by atoms with E-state index in [0.29, 0.717) is 23.6 Å². The van der Waals surface area contributed by atoms with Gasteiger partial charge >= 0.3 is 0 Å². The maximum absolute atomic E-state index is 12.5. The van der Waals surface area contributed by atoms with E-state index < -0.39 is 11.8 Å². The number of nitrogens with one attached hydrogen (secondary N) is 2. The molecule has 2 aromatic heterocycles. The van der Waals surface area contributed by atoms with Gasteiger partial charge in [-0.15, -0.1) is 0 Å². The minimum absolute atomic E-state index is 0.208. The number of aryl methyl sites for hydroxylation is 3. The van der Waals surface area contributed by atoms with Crippen LogP contribution in [0.2, 0.25) is 5.15 Å². The molecule has 2 amide bonds. The molecular weight excluding hydrogens is 368 g/mol. The summed E-state index contributed by atoms with van der Waals surface area (Å²) in [5.74, 6) is -0.556. The molecule has 0 saturated carbocycles. The standard InChI is InChI=1S/C19H19ClN4O3/c1-11-4-6-14(7-5-11)10-24-17(20)16(12(2)23-24)19(26)22-21-18(25)15-8-9-27-13(15)3/h4-9H,10H2,1-3H3,(H,21,25)(H,22,26). The fraction of sp³-hybridized carbons (Fsp3) is 0.211. The average Bonchev–Trinajstić information content (AvgIpc) is 3.18. The van der Waals surface area contributed by atoms with Gasteiger partial charge in [0.25, 0.3) is 11.8 Å². The van der Waals surface area contributed by atoms with Crippen molar-refractivity contribution in [2.24, 2.45) is 0 Å². The number of aromatic nitrogens is 2. The van der Waals surface area contributed by atoms with Gasteiger partial charge in [0.2, 0.25) is 0 Å². The van der Waals surface area contributed by atoms with E-state index in [1.807, 2.05) is 31.2 Å². The lowest BCUT2D eigenvalue weighted by Crippen LogP contribution is -2.42. The van der Waals surface area contributed by atoms with Crippen LogP contribution in [-0.2, 0) is 6.54 Å². The molecule has 0 atom stereocenters. The summed E-state index contributed by atoms with van der Waals surface area (Å²) >= 11 is 6.36. The van der Waals surface area contributed by atoms with Crippen molar-refractivity contribution in [3.63, 3.8) is 0 Å². The van der Waals surface area contributed by atoms with Crippen molar-refractivity contribution in [3.8, 4) is 0 Å². The van der Waals surface area contributed by atoms with Crippen LogP contribution < -0.4 is 10.9 Å². The zero-order chi connectivity index (χ0) is 19.6. The van der Waals surface area contributed by atoms with E-state index in [9.17, 15) is 9.59 Å². The van der Waals surface area contributed by atoms with Gasteiger partial charge in [-0.25, -0.2) is 4.68 Å². The second kappa shape index (κ2) is 7.67. The number of nitrogens with zero attached hydrogens (tertiary/aromatic N) is 2. The van der Waals surface area contributed by atoms with Gasteiger partial charge in [-0.3, -0.25) is 20.4 Å². The Kier molecular flexibility index (Phi) is 5.32. The predicted octanol–water partition coefficient (Wildman–Crippen LogP) is 3.18. The number of rotatable bonds is 4. The van der Waals surface area contributed by atoms with Gasteiger partial charge in [0.1, 0.15) is 16.5 Å². The molecule has 0 unspecified atom stereocenters. The van der Waals surface area contributed by atoms with Gasteiger partial charge in [0, 0.05) is 0 Å². The second-order valence-electron chi connectivity index (χ2n) is 6.19. The fourth-order valence-electron chi connectivity index (χ4n) is 2.65. The van der Waals surface area contributed by atoms with E-state index >= 15 is 0 Å². The summed E-state index contributed by atoms with van der Waals surface area (Å²) in [5.41, 5.74) is 7.91. The molecule has 0 aliphatic rings. The summed E-state index contributed by atoms with van der Waals surface area (Å²) in [4.78, 5) is 24.5. The van der Waals surface area contributed by atoms with Crippen LogP contribution in [0.5, 0.6) is 0 Å². The lowest BCUT2D eigenvalue weighted by Gasteiger charge is -2.07. The normalized spacial score (nSPS) is 10.7. The van der Waals surface area contributed by atoms with Crippen molar-refractivity contribution < 1.29 is 14.0 Å². The maximum Gasteiger partial charge on any atom is 0.274 e. The number of hydrogen-bond acceptors (Lipinski definition) is 4. The molecule has 2 heterocycles. The van der Waals surface area contributed by atoms with Crippen molar-refractivity contribution in [3.05, 3.63) is 75.5 Å². The molecule has 0 aliphatic heterocycles. The van der Waals surface area contributed by atoms with Crippen LogP contribution in [-0.4, -0.2) is 21.6 Å². The fourth-order valence-corrected chi connectivity index (χ4v) is 2.97. The smallest absolute Gasteiger partial charge is 0.274 e. The summed E-state index contributed by atoms with van der Waals surface area (Å²) in [7, 11) is 0. The van der Waals surface area contributed by atoms with E-state index in [1.54, 1.807) is 18.5 Å². The number of furan rings is 1. The predicted molar refractivity (Wildman–Crippen MR) is 101 cm³/mol. The lowest BCUT2D eigenvalue weighted by molar-refractivity contribution is 0.0845. The highest BCUT2D eigenvalue weighted by Crippen LogP contribution is 2.21. The Balaban J connectivity index is 1.71. The number of carbonyl (C=O) groups excluding carboxylic acids is 2. The summed E-state index contributed by atoms with van der Waals surface area (Å²) in [6.45, 7) is 5.80. The third kappa shape index (κ3) is 4.03. The first kappa shape index (κ1) is 18.7. The van der Waals surface area contributed by atoms with Crippen LogP contribution in [0.15, 0.2) is 41.0 Å². The Morgan fingerprint density at radius 2 is 1.74 bits per heavy atom. The summed E-state index contributed by atoms with van der Waals surface area (Å²) in [6.07, 6.45) is 1.40. The van der Waals surface area contributed by atoms with Gasteiger partial charge in [-0.2, -0.15) is 5.10 Å². The molecule has 0 saturated heterocycles. The Morgan fingerprint density at radius 1 is 1.07 bits per heavy atom. The van der Waals surface area contributed by atoms with Gasteiger partial charge in [0.15, 0.2) is 0 Å². The zero-order valence-corrected chi connectivity index (χ0v) is 15.9. The first-order chi connectivity index (χ1) is 12.9. The SMILES string of the molecule is Cc1ccc(Cn2nc(C)c(C(=O)NNC(=O)c3ccoc3C)c2Cl)cc1. The average molecular weight is 387 g/mol. The molecule has 0 bridgehead atoms. The van der Waals surface area contributed by atoms with Crippen LogP contribution in [0.1, 0.15) is 43.3 Å². The molecule has 0 spiro atoms. The van der Waals surface area contributed by atoms with E-state index in [-0.39, 0.29) is 10.7 Å². The van der Waals surface area contributed by atoms with Gasteiger partial charge in [0.05, 0.1) is 24.1 Å². The summed E-state index contributed by atoms with van der Waals surface area (Å²) in [6, 6.07) is 9.49. The van der Waals surface area contributed by atoms with Crippen molar-refractivity contribution >= 4 is 23.4 Å². The van der Waals surface area contributed by atoms with Crippen LogP contribution >= 0.6 is 11.6 Å². The zero-order valence-electron chi connectivity index (χ0n) is 15.2. The molecule has 8 heteroatoms. The summed E-state index contributed by atoms with van der Waals surface area (Å²) < 4.78 is 6.63. The monoisotopic (exact) mass is 386 g/mol. The van der Waals surface area contributed by atoms with Crippen LogP contribution in [0.3, 0.4) is 0 Å². The van der Waals surface area contributed by atoms with Gasteiger partial charge < -0.3 is 4.42 Å². The third-order valence-corrected chi connectivity index (χ3v) is 4.52. The minimum atomic E-state index is -0.540. The number of hydrazine groups is 1. The van der Waals surface area contributed by atoms with Crippen molar-refractivity contribution in [1.82, 2.24) is 20.6 Å². The van der Waals surface area contributed by atoms with Crippen LogP contribution in [0, 0.1) is 20.8 Å². The molecule has 7 nitrogen and oxygen atoms in total. The minimum Gasteiger partial charge on any atom is -0.469 e. The maximum atomic E-state index is 12.5. The Morgan fingerprint density at radius 3 is 2.37 bits per heavy atom. The molecule has 0 aliphatic carbocycles. The summed E-state index contributed by atoms with van der Waals surface area (Å²) in [5, 5.41) is 4.54. The molecule has 0 fully saturated rings. The number of carbonyl (C=O) groups is 2. The number of amides is 2. The number of benzene rings is 1. The molecule has 2 N–H and O–H groups in total. The molecule has 3 aromatic rings.